The van der Waals surface area contributed by atoms with Gasteiger partial charge in [0.2, 0.25) is 0 Å². The number of piperidine rings is 1. The normalized spacial score (nSPS) is 18.2. The Morgan fingerprint density at radius 1 is 1.35 bits per heavy atom. The first kappa shape index (κ1) is 18.8. The molecule has 26 heavy (non-hydrogen) atoms. The summed E-state index contributed by atoms with van der Waals surface area (Å²) in [6.45, 7) is 3.00. The molecule has 4 nitrogen and oxygen atoms in total. The van der Waals surface area contributed by atoms with Crippen molar-refractivity contribution in [3.8, 4) is 0 Å². The third-order valence-corrected chi connectivity index (χ3v) is 5.61. The third-order valence-electron chi connectivity index (χ3n) is 4.80. The Morgan fingerprint density at radius 3 is 2.81 bits per heavy atom. The van der Waals surface area contributed by atoms with E-state index in [-0.39, 0.29) is 11.8 Å². The molecule has 0 N–H and O–H groups in total. The lowest BCUT2D eigenvalue weighted by atomic mass is 9.90. The number of benzene rings is 1. The van der Waals surface area contributed by atoms with Crippen molar-refractivity contribution < 1.29 is 18.0 Å². The fraction of sp³-hybridized carbons (Fsp3) is 0.500. The largest absolute Gasteiger partial charge is 0.416 e. The molecule has 0 aliphatic carbocycles. The van der Waals surface area contributed by atoms with Crippen molar-refractivity contribution in [1.82, 2.24) is 14.5 Å². The van der Waals surface area contributed by atoms with Gasteiger partial charge in [-0.2, -0.15) is 13.2 Å². The Kier molecular flexibility index (Phi) is 5.60. The molecule has 2 heterocycles. The van der Waals surface area contributed by atoms with Crippen molar-refractivity contribution in [2.45, 2.75) is 38.8 Å². The van der Waals surface area contributed by atoms with Crippen LogP contribution in [0.3, 0.4) is 0 Å². The van der Waals surface area contributed by atoms with E-state index in [1.165, 1.54) is 6.07 Å². The number of halogens is 3. The number of nitrogens with zero attached hydrogens (tertiary/aromatic N) is 3. The number of likely N-dealkylation sites (tertiary alicyclic amines) is 1. The van der Waals surface area contributed by atoms with Gasteiger partial charge >= 0.3 is 6.18 Å². The molecule has 1 fully saturated rings. The molecule has 2 aromatic rings. The molecule has 3 rings (SSSR count). The molecule has 8 heteroatoms. The van der Waals surface area contributed by atoms with Gasteiger partial charge < -0.3 is 4.90 Å². The minimum atomic E-state index is -4.33. The van der Waals surface area contributed by atoms with Gasteiger partial charge in [0, 0.05) is 13.1 Å². The second-order valence-electron chi connectivity index (χ2n) is 6.64. The average Bonchev–Trinajstić information content (AvgIpc) is 3.05. The van der Waals surface area contributed by atoms with Gasteiger partial charge in [-0.1, -0.05) is 22.7 Å². The summed E-state index contributed by atoms with van der Waals surface area (Å²) in [5.41, 5.74) is 0.391. The number of carbonyl (C=O) groups is 1. The van der Waals surface area contributed by atoms with Gasteiger partial charge in [-0.3, -0.25) is 4.79 Å². The van der Waals surface area contributed by atoms with Crippen LogP contribution in [0.1, 0.15) is 45.8 Å². The highest BCUT2D eigenvalue weighted by molar-refractivity contribution is 7.07. The lowest BCUT2D eigenvalue weighted by Crippen LogP contribution is -2.40. The standard InChI is InChI=1S/C18H20F3N3OS/c1-12-16(26-23-22-12)17(25)24-10-4-5-13(11-24)8-9-14-6-2-3-7-15(14)18(19,20)21/h2-3,6-7,13H,4-5,8-11H2,1H3/t13-/m0/s1. The predicted molar refractivity (Wildman–Crippen MR) is 93.0 cm³/mol. The maximum absolute atomic E-state index is 13.1. The van der Waals surface area contributed by atoms with Crippen molar-refractivity contribution in [2.24, 2.45) is 5.92 Å². The van der Waals surface area contributed by atoms with Gasteiger partial charge in [0.25, 0.3) is 5.91 Å². The smallest absolute Gasteiger partial charge is 0.338 e. The first-order valence-electron chi connectivity index (χ1n) is 8.59. The second-order valence-corrected chi connectivity index (χ2v) is 7.39. The van der Waals surface area contributed by atoms with Gasteiger partial charge in [-0.25, -0.2) is 0 Å². The van der Waals surface area contributed by atoms with Crippen LogP contribution in [0, 0.1) is 12.8 Å². The van der Waals surface area contributed by atoms with Crippen LogP contribution >= 0.6 is 11.5 Å². The predicted octanol–water partition coefficient (Wildman–Crippen LogP) is 4.35. The van der Waals surface area contributed by atoms with Crippen LogP contribution in [0.15, 0.2) is 24.3 Å². The van der Waals surface area contributed by atoms with E-state index in [0.29, 0.717) is 42.1 Å². The highest BCUT2D eigenvalue weighted by atomic mass is 32.1. The molecule has 0 unspecified atom stereocenters. The van der Waals surface area contributed by atoms with Gasteiger partial charge in [0.05, 0.1) is 11.3 Å². The molecular weight excluding hydrogens is 363 g/mol. The molecule has 0 radical (unpaired) electrons. The van der Waals surface area contributed by atoms with Gasteiger partial charge in [0.15, 0.2) is 0 Å². The van der Waals surface area contributed by atoms with E-state index in [1.54, 1.807) is 24.0 Å². The summed E-state index contributed by atoms with van der Waals surface area (Å²) in [5, 5.41) is 3.87. The van der Waals surface area contributed by atoms with Crippen molar-refractivity contribution in [2.75, 3.05) is 13.1 Å². The highest BCUT2D eigenvalue weighted by Crippen LogP contribution is 2.33. The number of alkyl halides is 3. The molecule has 0 saturated carbocycles. The monoisotopic (exact) mass is 383 g/mol. The summed E-state index contributed by atoms with van der Waals surface area (Å²) in [6.07, 6.45) is -1.54. The number of hydrogen-bond donors (Lipinski definition) is 0. The number of rotatable bonds is 4. The average molecular weight is 383 g/mol. The fourth-order valence-corrected chi connectivity index (χ4v) is 4.06. The van der Waals surface area contributed by atoms with Crippen LogP contribution < -0.4 is 0 Å². The second kappa shape index (κ2) is 7.73. The minimum Gasteiger partial charge on any atom is -0.338 e. The summed E-state index contributed by atoms with van der Waals surface area (Å²) < 4.78 is 43.1. The van der Waals surface area contributed by atoms with Crippen LogP contribution in [0.4, 0.5) is 13.2 Å². The van der Waals surface area contributed by atoms with Crippen molar-refractivity contribution in [1.29, 1.82) is 0 Å². The van der Waals surface area contributed by atoms with Crippen LogP contribution in [-0.4, -0.2) is 33.5 Å². The van der Waals surface area contributed by atoms with Gasteiger partial charge in [0.1, 0.15) is 4.88 Å². The number of carbonyl (C=O) groups excluding carboxylic acids is 1. The van der Waals surface area contributed by atoms with Crippen molar-refractivity contribution >= 4 is 17.4 Å². The van der Waals surface area contributed by atoms with Crippen LogP contribution in [0.25, 0.3) is 0 Å². The van der Waals surface area contributed by atoms with Crippen molar-refractivity contribution in [3.05, 3.63) is 46.0 Å². The molecular formula is C18H20F3N3OS. The van der Waals surface area contributed by atoms with E-state index in [4.69, 9.17) is 0 Å². The Hall–Kier alpha value is -1.96. The van der Waals surface area contributed by atoms with E-state index < -0.39 is 11.7 Å². The summed E-state index contributed by atoms with van der Waals surface area (Å²) in [7, 11) is 0. The molecule has 1 aromatic carbocycles. The Labute approximate surface area is 154 Å². The summed E-state index contributed by atoms with van der Waals surface area (Å²) in [4.78, 5) is 14.9. The number of hydrogen-bond acceptors (Lipinski definition) is 4. The lowest BCUT2D eigenvalue weighted by Gasteiger charge is -2.32. The number of aryl methyl sites for hydroxylation is 2. The number of amides is 1. The Morgan fingerprint density at radius 2 is 2.12 bits per heavy atom. The highest BCUT2D eigenvalue weighted by Gasteiger charge is 2.33. The van der Waals surface area contributed by atoms with E-state index in [2.05, 4.69) is 9.59 Å². The van der Waals surface area contributed by atoms with Gasteiger partial charge in [-0.05, 0) is 61.7 Å². The zero-order valence-electron chi connectivity index (χ0n) is 14.4. The van der Waals surface area contributed by atoms with E-state index in [9.17, 15) is 18.0 Å². The minimum absolute atomic E-state index is 0.0714. The molecule has 1 aliphatic rings. The molecule has 0 spiro atoms. The molecule has 0 bridgehead atoms. The molecule has 1 aliphatic heterocycles. The molecule has 140 valence electrons. The van der Waals surface area contributed by atoms with E-state index in [0.717, 1.165) is 30.4 Å². The SMILES string of the molecule is Cc1nnsc1C(=O)N1CCC[C@@H](CCc2ccccc2C(F)(F)F)C1. The Bertz CT molecular complexity index is 775. The first-order valence-corrected chi connectivity index (χ1v) is 9.37. The van der Waals surface area contributed by atoms with E-state index >= 15 is 0 Å². The fourth-order valence-electron chi connectivity index (χ4n) is 3.43. The zero-order valence-corrected chi connectivity index (χ0v) is 15.2. The Balaban J connectivity index is 1.63. The van der Waals surface area contributed by atoms with Gasteiger partial charge in [-0.15, -0.1) is 5.10 Å². The molecule has 1 aromatic heterocycles. The van der Waals surface area contributed by atoms with Crippen LogP contribution in [-0.2, 0) is 12.6 Å². The maximum atomic E-state index is 13.1. The van der Waals surface area contributed by atoms with Crippen LogP contribution in [0.5, 0.6) is 0 Å². The molecule has 1 atom stereocenters. The molecule has 1 saturated heterocycles. The topological polar surface area (TPSA) is 46.1 Å². The van der Waals surface area contributed by atoms with Crippen molar-refractivity contribution in [3.63, 3.8) is 0 Å². The third kappa shape index (κ3) is 4.23. The summed E-state index contributed by atoms with van der Waals surface area (Å²) >= 11 is 1.09. The summed E-state index contributed by atoms with van der Waals surface area (Å²) in [5.74, 6) is 0.132. The maximum Gasteiger partial charge on any atom is 0.416 e. The van der Waals surface area contributed by atoms with Crippen LogP contribution in [0.2, 0.25) is 0 Å². The quantitative estimate of drug-likeness (QED) is 0.789. The van der Waals surface area contributed by atoms with E-state index in [1.807, 2.05) is 0 Å². The number of aromatic nitrogens is 2. The zero-order chi connectivity index (χ0) is 18.7. The lowest BCUT2D eigenvalue weighted by molar-refractivity contribution is -0.138. The first-order chi connectivity index (χ1) is 12.4. The molecule has 1 amide bonds. The summed E-state index contributed by atoms with van der Waals surface area (Å²) in [6, 6.07) is 5.73.